The molecule has 36 heavy (non-hydrogen) atoms. The first kappa shape index (κ1) is 25.7. The van der Waals surface area contributed by atoms with E-state index in [0.29, 0.717) is 41.0 Å². The summed E-state index contributed by atoms with van der Waals surface area (Å²) in [5.41, 5.74) is 3.71. The van der Waals surface area contributed by atoms with Crippen molar-refractivity contribution < 1.29 is 14.3 Å². The number of carbonyl (C=O) groups is 1. The van der Waals surface area contributed by atoms with E-state index >= 15 is 0 Å². The highest BCUT2D eigenvalue weighted by Gasteiger charge is 2.35. The third-order valence-electron chi connectivity index (χ3n) is 6.05. The maximum Gasteiger partial charge on any atom is 0.255 e. The van der Waals surface area contributed by atoms with Crippen molar-refractivity contribution in [2.24, 2.45) is 0 Å². The van der Waals surface area contributed by atoms with Crippen LogP contribution in [-0.2, 0) is 4.79 Å². The Bertz CT molecular complexity index is 1270. The third kappa shape index (κ3) is 5.53. The Kier molecular flexibility index (Phi) is 8.25. The zero-order chi connectivity index (χ0) is 25.7. The van der Waals surface area contributed by atoms with E-state index in [9.17, 15) is 4.79 Å². The summed E-state index contributed by atoms with van der Waals surface area (Å²) in [7, 11) is 1.60. The molecular formula is C26H31BrN6O3. The van der Waals surface area contributed by atoms with Crippen LogP contribution in [0.5, 0.6) is 11.5 Å². The molecule has 10 heteroatoms. The molecule has 1 aromatic heterocycles. The minimum absolute atomic E-state index is 0.247. The van der Waals surface area contributed by atoms with Gasteiger partial charge in [-0.25, -0.2) is 0 Å². The predicted octanol–water partition coefficient (Wildman–Crippen LogP) is 5.64. The lowest BCUT2D eigenvalue weighted by atomic mass is 9.94. The molecule has 9 nitrogen and oxygen atoms in total. The van der Waals surface area contributed by atoms with Gasteiger partial charge in [-0.1, -0.05) is 43.4 Å². The molecule has 1 atom stereocenters. The maximum absolute atomic E-state index is 13.6. The number of benzene rings is 2. The van der Waals surface area contributed by atoms with Gasteiger partial charge in [-0.15, -0.1) is 0 Å². The number of tetrazole rings is 1. The summed E-state index contributed by atoms with van der Waals surface area (Å²) in [6, 6.07) is 10.9. The van der Waals surface area contributed by atoms with Crippen molar-refractivity contribution in [3.8, 4) is 11.5 Å². The van der Waals surface area contributed by atoms with E-state index in [2.05, 4.69) is 49.0 Å². The molecule has 0 spiro atoms. The number of hydrogen-bond donors (Lipinski definition) is 2. The predicted molar refractivity (Wildman–Crippen MR) is 142 cm³/mol. The fraction of sp³-hybridized carbons (Fsp3) is 0.385. The number of nitrogens with one attached hydrogen (secondary N) is 2. The number of hydrogen-bond acceptors (Lipinski definition) is 7. The molecular weight excluding hydrogens is 524 g/mol. The smallest absolute Gasteiger partial charge is 0.255 e. The lowest BCUT2D eigenvalue weighted by Gasteiger charge is -2.28. The SMILES string of the molecule is CCCCCCOc1c(Br)cc(C2C(C(=O)Nc3cccc(C)c3)=C(C)Nc3nnnn32)cc1OC. The van der Waals surface area contributed by atoms with Gasteiger partial charge in [0.05, 0.1) is 23.8 Å². The Morgan fingerprint density at radius 2 is 2.03 bits per heavy atom. The summed E-state index contributed by atoms with van der Waals surface area (Å²) >= 11 is 3.65. The standard InChI is InChI=1S/C26H31BrN6O3/c1-5-6-7-8-12-36-24-20(27)14-18(15-21(24)35-4)23-22(17(3)28-26-30-31-32-33(23)26)25(34)29-19-11-9-10-16(2)13-19/h9-11,13-15,23H,5-8,12H2,1-4H3,(H,29,34)(H,28,30,32). The van der Waals surface area contributed by atoms with E-state index in [1.807, 2.05) is 50.2 Å². The Morgan fingerprint density at radius 3 is 2.78 bits per heavy atom. The molecule has 2 N–H and O–H groups in total. The van der Waals surface area contributed by atoms with E-state index < -0.39 is 6.04 Å². The van der Waals surface area contributed by atoms with E-state index in [0.717, 1.165) is 28.4 Å². The van der Waals surface area contributed by atoms with Crippen LogP contribution in [-0.4, -0.2) is 39.8 Å². The van der Waals surface area contributed by atoms with Crippen molar-refractivity contribution in [1.82, 2.24) is 20.2 Å². The van der Waals surface area contributed by atoms with Crippen LogP contribution in [0.4, 0.5) is 11.6 Å². The molecule has 0 aliphatic carbocycles. The van der Waals surface area contributed by atoms with Crippen LogP contribution in [0.25, 0.3) is 0 Å². The molecule has 3 aromatic rings. The molecule has 0 saturated carbocycles. The van der Waals surface area contributed by atoms with Gasteiger partial charge in [-0.05, 0) is 82.0 Å². The highest BCUT2D eigenvalue weighted by Crippen LogP contribution is 2.42. The average Bonchev–Trinajstić information content (AvgIpc) is 3.31. The molecule has 1 aliphatic rings. The first-order valence-corrected chi connectivity index (χ1v) is 12.9. The van der Waals surface area contributed by atoms with Crippen LogP contribution in [0, 0.1) is 6.92 Å². The van der Waals surface area contributed by atoms with Crippen molar-refractivity contribution in [2.45, 2.75) is 52.5 Å². The molecule has 1 unspecified atom stereocenters. The number of nitrogens with zero attached hydrogens (tertiary/aromatic N) is 4. The summed E-state index contributed by atoms with van der Waals surface area (Å²) in [4.78, 5) is 13.6. The summed E-state index contributed by atoms with van der Waals surface area (Å²) in [5.74, 6) is 1.41. The van der Waals surface area contributed by atoms with Crippen molar-refractivity contribution in [2.75, 3.05) is 24.4 Å². The summed E-state index contributed by atoms with van der Waals surface area (Å²) in [6.45, 7) is 6.61. The lowest BCUT2D eigenvalue weighted by Crippen LogP contribution is -2.31. The molecule has 0 bridgehead atoms. The number of halogens is 1. The molecule has 0 fully saturated rings. The number of anilines is 2. The normalized spacial score (nSPS) is 14.8. The number of methoxy groups -OCH3 is 1. The molecule has 2 heterocycles. The van der Waals surface area contributed by atoms with Crippen LogP contribution in [0.2, 0.25) is 0 Å². The lowest BCUT2D eigenvalue weighted by molar-refractivity contribution is -0.113. The van der Waals surface area contributed by atoms with Gasteiger partial charge in [0.1, 0.15) is 6.04 Å². The van der Waals surface area contributed by atoms with E-state index in [1.54, 1.807) is 11.8 Å². The highest BCUT2D eigenvalue weighted by atomic mass is 79.9. The first-order valence-electron chi connectivity index (χ1n) is 12.1. The molecule has 190 valence electrons. The zero-order valence-electron chi connectivity index (χ0n) is 21.0. The maximum atomic E-state index is 13.6. The Morgan fingerprint density at radius 1 is 1.19 bits per heavy atom. The van der Waals surface area contributed by atoms with Gasteiger partial charge in [-0.2, -0.15) is 4.68 Å². The van der Waals surface area contributed by atoms with Crippen LogP contribution in [0.1, 0.15) is 56.7 Å². The fourth-order valence-corrected chi connectivity index (χ4v) is 4.85. The van der Waals surface area contributed by atoms with Gasteiger partial charge in [0, 0.05) is 11.4 Å². The summed E-state index contributed by atoms with van der Waals surface area (Å²) in [6.07, 6.45) is 4.45. The van der Waals surface area contributed by atoms with Gasteiger partial charge < -0.3 is 20.1 Å². The second kappa shape index (κ2) is 11.6. The van der Waals surface area contributed by atoms with Crippen molar-refractivity contribution >= 4 is 33.5 Å². The van der Waals surface area contributed by atoms with Gasteiger partial charge in [-0.3, -0.25) is 4.79 Å². The monoisotopic (exact) mass is 554 g/mol. The van der Waals surface area contributed by atoms with Crippen molar-refractivity contribution in [3.63, 3.8) is 0 Å². The molecule has 1 amide bonds. The Labute approximate surface area is 219 Å². The number of carbonyl (C=O) groups excluding carboxylic acids is 1. The Hall–Kier alpha value is -3.40. The molecule has 2 aromatic carbocycles. The molecule has 1 aliphatic heterocycles. The minimum atomic E-state index is -0.579. The third-order valence-corrected chi connectivity index (χ3v) is 6.64. The number of fused-ring (bicyclic) bond motifs is 1. The average molecular weight is 555 g/mol. The van der Waals surface area contributed by atoms with Crippen LogP contribution in [0.15, 0.2) is 52.1 Å². The number of aromatic nitrogens is 4. The quantitative estimate of drug-likeness (QED) is 0.312. The topological polar surface area (TPSA) is 103 Å². The van der Waals surface area contributed by atoms with E-state index in [-0.39, 0.29) is 5.91 Å². The van der Waals surface area contributed by atoms with E-state index in [1.165, 1.54) is 12.8 Å². The van der Waals surface area contributed by atoms with Crippen LogP contribution >= 0.6 is 15.9 Å². The largest absolute Gasteiger partial charge is 0.493 e. The number of rotatable bonds is 10. The fourth-order valence-electron chi connectivity index (χ4n) is 4.28. The number of amides is 1. The molecule has 4 rings (SSSR count). The second-order valence-corrected chi connectivity index (χ2v) is 9.63. The van der Waals surface area contributed by atoms with Crippen molar-refractivity contribution in [3.05, 3.63) is 63.3 Å². The molecule has 0 radical (unpaired) electrons. The Balaban J connectivity index is 1.69. The van der Waals surface area contributed by atoms with Crippen molar-refractivity contribution in [1.29, 1.82) is 0 Å². The van der Waals surface area contributed by atoms with E-state index in [4.69, 9.17) is 9.47 Å². The highest BCUT2D eigenvalue weighted by molar-refractivity contribution is 9.10. The number of unbranched alkanes of at least 4 members (excludes halogenated alkanes) is 3. The van der Waals surface area contributed by atoms with Gasteiger partial charge in [0.15, 0.2) is 11.5 Å². The zero-order valence-corrected chi connectivity index (χ0v) is 22.6. The van der Waals surface area contributed by atoms with Crippen LogP contribution in [0.3, 0.4) is 0 Å². The number of aryl methyl sites for hydroxylation is 1. The minimum Gasteiger partial charge on any atom is -0.493 e. The number of ether oxygens (including phenoxy) is 2. The van der Waals surface area contributed by atoms with Gasteiger partial charge in [0.25, 0.3) is 5.91 Å². The summed E-state index contributed by atoms with van der Waals surface area (Å²) in [5, 5.41) is 18.2. The second-order valence-electron chi connectivity index (χ2n) is 8.78. The number of allylic oxidation sites excluding steroid dienone is 1. The van der Waals surface area contributed by atoms with Crippen LogP contribution < -0.4 is 20.1 Å². The van der Waals surface area contributed by atoms with Gasteiger partial charge >= 0.3 is 0 Å². The molecule has 0 saturated heterocycles. The van der Waals surface area contributed by atoms with Gasteiger partial charge in [0.2, 0.25) is 5.95 Å². The summed E-state index contributed by atoms with van der Waals surface area (Å²) < 4.78 is 14.1. The first-order chi connectivity index (χ1) is 17.4.